The molecule has 0 saturated heterocycles. The highest BCUT2D eigenvalue weighted by Gasteiger charge is 2.12. The molecule has 3 heterocycles. The minimum absolute atomic E-state index is 0.00489. The molecule has 0 fully saturated rings. The number of nitrogens with zero attached hydrogens (tertiary/aromatic N) is 2. The molecule has 7 heteroatoms. The third-order valence-electron chi connectivity index (χ3n) is 3.43. The molecule has 6 nitrogen and oxygen atoms in total. The van der Waals surface area contributed by atoms with Gasteiger partial charge in [-0.25, -0.2) is 4.98 Å². The molecule has 23 heavy (non-hydrogen) atoms. The Balaban J connectivity index is 1.56. The number of benzene rings is 1. The van der Waals surface area contributed by atoms with Crippen LogP contribution in [0.25, 0.3) is 15.9 Å². The monoisotopic (exact) mass is 325 g/mol. The van der Waals surface area contributed by atoms with Crippen LogP contribution in [-0.4, -0.2) is 15.3 Å². The normalized spacial score (nSPS) is 11.1. The van der Waals surface area contributed by atoms with E-state index in [9.17, 15) is 9.59 Å². The van der Waals surface area contributed by atoms with Crippen molar-refractivity contribution in [2.45, 2.75) is 6.54 Å². The van der Waals surface area contributed by atoms with Crippen molar-refractivity contribution < 1.29 is 9.21 Å². The summed E-state index contributed by atoms with van der Waals surface area (Å²) in [6, 6.07) is 8.05. The first-order valence-corrected chi connectivity index (χ1v) is 7.81. The number of carbonyl (C=O) groups is 1. The molecular weight excluding hydrogens is 314 g/mol. The molecule has 0 aliphatic rings. The molecule has 0 aliphatic carbocycles. The fraction of sp³-hybridized carbons (Fsp3) is 0.0625. The molecule has 1 aromatic carbocycles. The maximum absolute atomic E-state index is 12.2. The average molecular weight is 325 g/mol. The number of imidazole rings is 1. The van der Waals surface area contributed by atoms with Gasteiger partial charge in [-0.15, -0.1) is 11.3 Å². The van der Waals surface area contributed by atoms with E-state index in [1.54, 1.807) is 24.3 Å². The lowest BCUT2D eigenvalue weighted by Gasteiger charge is -2.03. The summed E-state index contributed by atoms with van der Waals surface area (Å²) in [6.07, 6.45) is 3.75. The Bertz CT molecular complexity index is 1050. The summed E-state index contributed by atoms with van der Waals surface area (Å²) in [5.74, 6) is -0.445. The summed E-state index contributed by atoms with van der Waals surface area (Å²) in [5.41, 5.74) is 0.903. The summed E-state index contributed by atoms with van der Waals surface area (Å²) in [4.78, 5) is 29.4. The van der Waals surface area contributed by atoms with E-state index in [2.05, 4.69) is 10.3 Å². The molecule has 0 aliphatic heterocycles. The van der Waals surface area contributed by atoms with Crippen molar-refractivity contribution in [3.63, 3.8) is 0 Å². The van der Waals surface area contributed by atoms with E-state index < -0.39 is 5.91 Å². The van der Waals surface area contributed by atoms with Gasteiger partial charge < -0.3 is 9.73 Å². The van der Waals surface area contributed by atoms with Gasteiger partial charge in [0.15, 0.2) is 16.1 Å². The number of hydrogen-bond acceptors (Lipinski definition) is 5. The Kier molecular flexibility index (Phi) is 3.20. The number of amides is 1. The number of fused-ring (bicyclic) bond motifs is 2. The second kappa shape index (κ2) is 5.36. The van der Waals surface area contributed by atoms with Gasteiger partial charge in [0.05, 0.1) is 17.6 Å². The van der Waals surface area contributed by atoms with Crippen LogP contribution in [0.4, 0.5) is 0 Å². The van der Waals surface area contributed by atoms with Crippen LogP contribution in [0.2, 0.25) is 0 Å². The smallest absolute Gasteiger partial charge is 0.287 e. The SMILES string of the molecule is O=C(NCc1cn2ccsc2n1)c1cc(=O)c2ccccc2o1. The molecule has 0 spiro atoms. The van der Waals surface area contributed by atoms with Crippen LogP contribution in [0.1, 0.15) is 16.2 Å². The third kappa shape index (κ3) is 2.51. The molecule has 4 aromatic rings. The molecule has 1 N–H and O–H groups in total. The summed E-state index contributed by atoms with van der Waals surface area (Å²) in [6.45, 7) is 0.268. The Morgan fingerprint density at radius 1 is 1.35 bits per heavy atom. The zero-order chi connectivity index (χ0) is 15.8. The van der Waals surface area contributed by atoms with Gasteiger partial charge in [-0.1, -0.05) is 12.1 Å². The van der Waals surface area contributed by atoms with Crippen LogP contribution >= 0.6 is 11.3 Å². The van der Waals surface area contributed by atoms with Crippen molar-refractivity contribution in [1.29, 1.82) is 0 Å². The van der Waals surface area contributed by atoms with Gasteiger partial charge in [0, 0.05) is 23.8 Å². The molecule has 0 unspecified atom stereocenters. The van der Waals surface area contributed by atoms with Gasteiger partial charge in [-0.3, -0.25) is 14.0 Å². The van der Waals surface area contributed by atoms with Crippen molar-refractivity contribution in [3.8, 4) is 0 Å². The van der Waals surface area contributed by atoms with Gasteiger partial charge in [0.25, 0.3) is 5.91 Å². The van der Waals surface area contributed by atoms with E-state index in [-0.39, 0.29) is 17.7 Å². The molecule has 0 radical (unpaired) electrons. The Morgan fingerprint density at radius 3 is 3.09 bits per heavy atom. The first-order valence-electron chi connectivity index (χ1n) is 6.93. The van der Waals surface area contributed by atoms with Crippen LogP contribution < -0.4 is 10.7 Å². The predicted molar refractivity (Wildman–Crippen MR) is 86.7 cm³/mol. The van der Waals surface area contributed by atoms with Crippen molar-refractivity contribution >= 4 is 33.2 Å². The van der Waals surface area contributed by atoms with E-state index in [1.165, 1.54) is 17.4 Å². The lowest BCUT2D eigenvalue weighted by atomic mass is 10.2. The van der Waals surface area contributed by atoms with Crippen molar-refractivity contribution in [2.75, 3.05) is 0 Å². The van der Waals surface area contributed by atoms with Gasteiger partial charge in [-0.05, 0) is 12.1 Å². The Hall–Kier alpha value is -2.93. The fourth-order valence-electron chi connectivity index (χ4n) is 2.34. The van der Waals surface area contributed by atoms with Gasteiger partial charge in [0.1, 0.15) is 5.58 Å². The van der Waals surface area contributed by atoms with Crippen LogP contribution in [0, 0.1) is 0 Å². The highest BCUT2D eigenvalue weighted by atomic mass is 32.1. The summed E-state index contributed by atoms with van der Waals surface area (Å²) in [5, 5.41) is 5.11. The molecule has 3 aromatic heterocycles. The maximum Gasteiger partial charge on any atom is 0.287 e. The summed E-state index contributed by atoms with van der Waals surface area (Å²) < 4.78 is 7.39. The van der Waals surface area contributed by atoms with E-state index in [0.717, 1.165) is 10.7 Å². The Morgan fingerprint density at radius 2 is 2.22 bits per heavy atom. The van der Waals surface area contributed by atoms with Crippen molar-refractivity contribution in [2.24, 2.45) is 0 Å². The average Bonchev–Trinajstić information content (AvgIpc) is 3.14. The summed E-state index contributed by atoms with van der Waals surface area (Å²) in [7, 11) is 0. The predicted octanol–water partition coefficient (Wildman–Crippen LogP) is 2.43. The summed E-state index contributed by atoms with van der Waals surface area (Å²) >= 11 is 1.52. The van der Waals surface area contributed by atoms with Crippen LogP contribution in [0.3, 0.4) is 0 Å². The second-order valence-corrected chi connectivity index (χ2v) is 5.85. The molecule has 0 saturated carbocycles. The quantitative estimate of drug-likeness (QED) is 0.627. The fourth-order valence-corrected chi connectivity index (χ4v) is 3.05. The van der Waals surface area contributed by atoms with E-state index in [0.29, 0.717) is 11.0 Å². The second-order valence-electron chi connectivity index (χ2n) is 4.98. The first-order chi connectivity index (χ1) is 11.2. The molecule has 4 rings (SSSR count). The largest absolute Gasteiger partial charge is 0.451 e. The number of hydrogen-bond donors (Lipinski definition) is 1. The minimum atomic E-state index is -0.441. The van der Waals surface area contributed by atoms with E-state index in [4.69, 9.17) is 4.42 Å². The van der Waals surface area contributed by atoms with Crippen molar-refractivity contribution in [3.05, 3.63) is 69.8 Å². The van der Waals surface area contributed by atoms with Crippen LogP contribution in [0.5, 0.6) is 0 Å². The maximum atomic E-state index is 12.2. The molecular formula is C16H11N3O3S. The first kappa shape index (κ1) is 13.7. The van der Waals surface area contributed by atoms with Crippen LogP contribution in [-0.2, 0) is 6.54 Å². The van der Waals surface area contributed by atoms with Gasteiger partial charge in [-0.2, -0.15) is 0 Å². The van der Waals surface area contributed by atoms with Crippen LogP contribution in [0.15, 0.2) is 57.3 Å². The number of rotatable bonds is 3. The lowest BCUT2D eigenvalue weighted by Crippen LogP contribution is -2.24. The highest BCUT2D eigenvalue weighted by molar-refractivity contribution is 7.15. The molecule has 1 amide bonds. The number of carbonyl (C=O) groups excluding carboxylic acids is 1. The zero-order valence-electron chi connectivity index (χ0n) is 11.9. The molecule has 0 bridgehead atoms. The third-order valence-corrected chi connectivity index (χ3v) is 4.20. The number of aromatic nitrogens is 2. The highest BCUT2D eigenvalue weighted by Crippen LogP contribution is 2.13. The van der Waals surface area contributed by atoms with Gasteiger partial charge in [0.2, 0.25) is 0 Å². The Labute approximate surface area is 134 Å². The molecule has 114 valence electrons. The number of nitrogens with one attached hydrogen (secondary N) is 1. The minimum Gasteiger partial charge on any atom is -0.451 e. The standard InChI is InChI=1S/C16H11N3O3S/c20-12-7-14(22-13-4-2-1-3-11(12)13)15(21)17-8-10-9-19-5-6-23-16(19)18-10/h1-7,9H,8H2,(H,17,21). The molecule has 0 atom stereocenters. The zero-order valence-corrected chi connectivity index (χ0v) is 12.7. The number of para-hydroxylation sites is 1. The van der Waals surface area contributed by atoms with E-state index in [1.807, 2.05) is 22.2 Å². The lowest BCUT2D eigenvalue weighted by molar-refractivity contribution is 0.0923. The van der Waals surface area contributed by atoms with E-state index >= 15 is 0 Å². The number of thiazole rings is 1. The topological polar surface area (TPSA) is 76.6 Å². The van der Waals surface area contributed by atoms with Gasteiger partial charge >= 0.3 is 0 Å². The van der Waals surface area contributed by atoms with Crippen molar-refractivity contribution in [1.82, 2.24) is 14.7 Å².